The normalized spacial score (nSPS) is 14.6. The van der Waals surface area contributed by atoms with Gasteiger partial charge in [0.2, 0.25) is 0 Å². The molecule has 1 heterocycles. The third-order valence-electron chi connectivity index (χ3n) is 5.64. The molecule has 0 bridgehead atoms. The summed E-state index contributed by atoms with van der Waals surface area (Å²) in [5.74, 6) is 0.636. The Morgan fingerprint density at radius 1 is 1.12 bits per heavy atom. The maximum absolute atomic E-state index is 12.6. The highest BCUT2D eigenvalue weighted by atomic mass is 127. The molecular weight excluding hydrogens is 647 g/mol. The van der Waals surface area contributed by atoms with Crippen LogP contribution in [0.25, 0.3) is 0 Å². The van der Waals surface area contributed by atoms with Gasteiger partial charge in [0.15, 0.2) is 29.6 Å². The summed E-state index contributed by atoms with van der Waals surface area (Å²) in [6.45, 7) is 7.14. The number of carbonyl (C=O) groups excluding carboxylic acids is 3. The standard InChI is InChI=1S/C28H31IN4O8/c1-6-10-40-26-19(29)11-17(12-22(26)38-5)14-30-33-23(34)15-41-20-9-8-18(13-21(20)37-4)25-24(27(35)39-7-2)16(3)31-28(36)32-25/h6,8-9,11-14,25H,1,7,10,15H2,2-5H3,(H,33,34)(H2,31,32,36)/b30-14+/t25-/m1/s1. The van der Waals surface area contributed by atoms with Gasteiger partial charge in [-0.15, -0.1) is 0 Å². The van der Waals surface area contributed by atoms with Gasteiger partial charge in [0.25, 0.3) is 5.91 Å². The highest BCUT2D eigenvalue weighted by Gasteiger charge is 2.32. The van der Waals surface area contributed by atoms with Crippen LogP contribution in [0.4, 0.5) is 4.79 Å². The molecule has 0 saturated heterocycles. The number of nitrogens with zero attached hydrogens (tertiary/aromatic N) is 1. The summed E-state index contributed by atoms with van der Waals surface area (Å²) in [5.41, 5.74) is 4.32. The van der Waals surface area contributed by atoms with Crippen LogP contribution < -0.4 is 35.0 Å². The quantitative estimate of drug-likeness (QED) is 0.0959. The molecule has 41 heavy (non-hydrogen) atoms. The lowest BCUT2D eigenvalue weighted by Gasteiger charge is -2.28. The van der Waals surface area contributed by atoms with Crippen molar-refractivity contribution in [1.29, 1.82) is 0 Å². The molecule has 12 nitrogen and oxygen atoms in total. The average Bonchev–Trinajstić information content (AvgIpc) is 2.94. The molecule has 0 unspecified atom stereocenters. The topological polar surface area (TPSA) is 146 Å². The number of benzene rings is 2. The van der Waals surface area contributed by atoms with Crippen LogP contribution in [0, 0.1) is 3.57 Å². The number of esters is 1. The molecule has 1 aliphatic rings. The molecule has 0 spiro atoms. The fourth-order valence-corrected chi connectivity index (χ4v) is 4.64. The third kappa shape index (κ3) is 8.13. The number of methoxy groups -OCH3 is 2. The fourth-order valence-electron chi connectivity index (χ4n) is 3.86. The van der Waals surface area contributed by atoms with E-state index in [2.05, 4.69) is 50.3 Å². The minimum Gasteiger partial charge on any atom is -0.493 e. The van der Waals surface area contributed by atoms with Crippen LogP contribution in [0.15, 0.2) is 59.4 Å². The van der Waals surface area contributed by atoms with E-state index in [4.69, 9.17) is 23.7 Å². The van der Waals surface area contributed by atoms with E-state index >= 15 is 0 Å². The zero-order chi connectivity index (χ0) is 29.9. The van der Waals surface area contributed by atoms with Crippen molar-refractivity contribution in [1.82, 2.24) is 16.1 Å². The number of carbonyl (C=O) groups is 3. The van der Waals surface area contributed by atoms with Crippen molar-refractivity contribution in [3.05, 3.63) is 69.0 Å². The van der Waals surface area contributed by atoms with Gasteiger partial charge in [-0.2, -0.15) is 5.10 Å². The van der Waals surface area contributed by atoms with E-state index in [1.165, 1.54) is 20.4 Å². The van der Waals surface area contributed by atoms with Gasteiger partial charge in [0.05, 0.1) is 42.2 Å². The second-order valence-electron chi connectivity index (χ2n) is 8.42. The summed E-state index contributed by atoms with van der Waals surface area (Å²) in [7, 11) is 2.97. The first-order valence-electron chi connectivity index (χ1n) is 12.4. The number of allylic oxidation sites excluding steroid dienone is 1. The van der Waals surface area contributed by atoms with Gasteiger partial charge in [-0.1, -0.05) is 18.7 Å². The Morgan fingerprint density at radius 2 is 1.88 bits per heavy atom. The molecule has 0 aliphatic carbocycles. The molecule has 1 aliphatic heterocycles. The van der Waals surface area contributed by atoms with Crippen LogP contribution in [0.3, 0.4) is 0 Å². The van der Waals surface area contributed by atoms with Gasteiger partial charge in [0.1, 0.15) is 6.61 Å². The summed E-state index contributed by atoms with van der Waals surface area (Å²) >= 11 is 2.12. The maximum atomic E-state index is 12.6. The fraction of sp³-hybridized carbons (Fsp3) is 0.286. The number of hydrogen-bond donors (Lipinski definition) is 3. The van der Waals surface area contributed by atoms with Gasteiger partial charge < -0.3 is 34.3 Å². The van der Waals surface area contributed by atoms with E-state index in [0.29, 0.717) is 40.7 Å². The first-order chi connectivity index (χ1) is 19.7. The van der Waals surface area contributed by atoms with E-state index in [1.54, 1.807) is 44.2 Å². The number of rotatable bonds is 13. The third-order valence-corrected chi connectivity index (χ3v) is 6.45. The highest BCUT2D eigenvalue weighted by molar-refractivity contribution is 14.1. The lowest BCUT2D eigenvalue weighted by Crippen LogP contribution is -2.45. The van der Waals surface area contributed by atoms with Gasteiger partial charge in [0, 0.05) is 5.70 Å². The number of ether oxygens (including phenoxy) is 5. The van der Waals surface area contributed by atoms with Crippen molar-refractivity contribution in [2.24, 2.45) is 5.10 Å². The Morgan fingerprint density at radius 3 is 2.56 bits per heavy atom. The minimum absolute atomic E-state index is 0.184. The largest absolute Gasteiger partial charge is 0.493 e. The molecule has 0 fully saturated rings. The molecule has 1 atom stereocenters. The Labute approximate surface area is 251 Å². The zero-order valence-corrected chi connectivity index (χ0v) is 25.2. The molecule has 0 saturated carbocycles. The van der Waals surface area contributed by atoms with Gasteiger partial charge in [-0.3, -0.25) is 4.79 Å². The molecule has 3 rings (SSSR count). The summed E-state index contributed by atoms with van der Waals surface area (Å²) in [6, 6.07) is 7.19. The number of halogens is 1. The minimum atomic E-state index is -0.771. The zero-order valence-electron chi connectivity index (χ0n) is 23.0. The van der Waals surface area contributed by atoms with Crippen LogP contribution in [0.1, 0.15) is 31.0 Å². The Hall–Kier alpha value is -4.27. The van der Waals surface area contributed by atoms with E-state index in [9.17, 15) is 14.4 Å². The molecule has 13 heteroatoms. The molecule has 3 N–H and O–H groups in total. The Bertz CT molecular complexity index is 1380. The van der Waals surface area contributed by atoms with E-state index in [-0.39, 0.29) is 24.5 Å². The summed E-state index contributed by atoms with van der Waals surface area (Å²) in [4.78, 5) is 37.1. The molecule has 2 aromatic rings. The van der Waals surface area contributed by atoms with Crippen molar-refractivity contribution in [2.75, 3.05) is 34.0 Å². The maximum Gasteiger partial charge on any atom is 0.338 e. The summed E-state index contributed by atoms with van der Waals surface area (Å²) in [6.07, 6.45) is 3.11. The Kier molecular flexibility index (Phi) is 11.4. The van der Waals surface area contributed by atoms with Crippen molar-refractivity contribution in [3.8, 4) is 23.0 Å². The van der Waals surface area contributed by atoms with E-state index in [0.717, 1.165) is 3.57 Å². The van der Waals surface area contributed by atoms with Crippen molar-refractivity contribution >= 4 is 46.7 Å². The SMILES string of the molecule is C=CCOc1c(I)cc(/C=N/NC(=O)COc2ccc([C@H]3NC(=O)NC(C)=C3C(=O)OCC)cc2OC)cc1OC. The number of hydrogen-bond acceptors (Lipinski definition) is 9. The van der Waals surface area contributed by atoms with E-state index in [1.807, 2.05) is 6.07 Å². The first kappa shape index (κ1) is 31.3. The van der Waals surface area contributed by atoms with Crippen molar-refractivity contribution in [2.45, 2.75) is 19.9 Å². The summed E-state index contributed by atoms with van der Waals surface area (Å²) in [5, 5.41) is 9.30. The van der Waals surface area contributed by atoms with Crippen LogP contribution in [0.5, 0.6) is 23.0 Å². The highest BCUT2D eigenvalue weighted by Crippen LogP contribution is 2.35. The number of amides is 3. The summed E-state index contributed by atoms with van der Waals surface area (Å²) < 4.78 is 28.1. The lowest BCUT2D eigenvalue weighted by atomic mass is 9.95. The van der Waals surface area contributed by atoms with Crippen LogP contribution in [0.2, 0.25) is 0 Å². The predicted molar refractivity (Wildman–Crippen MR) is 159 cm³/mol. The van der Waals surface area contributed by atoms with Crippen molar-refractivity contribution in [3.63, 3.8) is 0 Å². The first-order valence-corrected chi connectivity index (χ1v) is 13.5. The molecular formula is C28H31IN4O8. The van der Waals surface area contributed by atoms with E-state index < -0.39 is 23.9 Å². The van der Waals surface area contributed by atoms with Crippen molar-refractivity contribution < 1.29 is 38.1 Å². The molecule has 3 amide bonds. The molecule has 0 radical (unpaired) electrons. The van der Waals surface area contributed by atoms with Crippen LogP contribution >= 0.6 is 22.6 Å². The van der Waals surface area contributed by atoms with Crippen LogP contribution in [-0.4, -0.2) is 58.2 Å². The molecule has 2 aromatic carbocycles. The molecule has 218 valence electrons. The lowest BCUT2D eigenvalue weighted by molar-refractivity contribution is -0.139. The van der Waals surface area contributed by atoms with Gasteiger partial charge in [-0.05, 0) is 71.8 Å². The smallest absolute Gasteiger partial charge is 0.338 e. The monoisotopic (exact) mass is 678 g/mol. The predicted octanol–water partition coefficient (Wildman–Crippen LogP) is 3.59. The van der Waals surface area contributed by atoms with Gasteiger partial charge >= 0.3 is 12.0 Å². The van der Waals surface area contributed by atoms with Crippen LogP contribution in [-0.2, 0) is 14.3 Å². The number of urea groups is 1. The molecule has 0 aromatic heterocycles. The Balaban J connectivity index is 1.67. The second-order valence-corrected chi connectivity index (χ2v) is 9.58. The number of nitrogens with one attached hydrogen (secondary N) is 3. The van der Waals surface area contributed by atoms with Gasteiger partial charge in [-0.25, -0.2) is 15.0 Å². The number of hydrazone groups is 1. The average molecular weight is 678 g/mol. The second kappa shape index (κ2) is 14.9.